The maximum atomic E-state index is 12.6. The van der Waals surface area contributed by atoms with Gasteiger partial charge < -0.3 is 0 Å². The van der Waals surface area contributed by atoms with Crippen molar-refractivity contribution in [2.75, 3.05) is 13.2 Å². The molecule has 4 heteroatoms. The van der Waals surface area contributed by atoms with Crippen LogP contribution in [0.3, 0.4) is 0 Å². The van der Waals surface area contributed by atoms with E-state index >= 15 is 0 Å². The van der Waals surface area contributed by atoms with Crippen molar-refractivity contribution >= 4 is 0 Å². The molecular weight excluding hydrogens is 250 g/mol. The lowest BCUT2D eigenvalue weighted by molar-refractivity contribution is -0.417. The minimum absolute atomic E-state index is 0.0343. The molecule has 0 spiro atoms. The van der Waals surface area contributed by atoms with Crippen molar-refractivity contribution in [2.24, 2.45) is 17.8 Å². The molecule has 2 aliphatic rings. The van der Waals surface area contributed by atoms with E-state index in [9.17, 15) is 8.78 Å². The summed E-state index contributed by atoms with van der Waals surface area (Å²) in [7, 11) is 0. The Hall–Kier alpha value is -0.480. The van der Waals surface area contributed by atoms with Crippen molar-refractivity contribution < 1.29 is 18.3 Å². The third-order valence-corrected chi connectivity index (χ3v) is 4.17. The summed E-state index contributed by atoms with van der Waals surface area (Å²) in [5.41, 5.74) is 0. The molecule has 1 heterocycles. The quantitative estimate of drug-likeness (QED) is 0.709. The Morgan fingerprint density at radius 3 is 2.16 bits per heavy atom. The topological polar surface area (TPSA) is 18.5 Å². The molecule has 19 heavy (non-hydrogen) atoms. The maximum absolute atomic E-state index is 12.6. The molecule has 2 fully saturated rings. The average Bonchev–Trinajstić information content (AvgIpc) is 2.40. The zero-order chi connectivity index (χ0) is 13.7. The number of halogens is 2. The Morgan fingerprint density at radius 2 is 1.58 bits per heavy atom. The fourth-order valence-corrected chi connectivity index (χ4v) is 3.00. The largest absolute Gasteiger partial charge is 0.485 e. The van der Waals surface area contributed by atoms with E-state index in [-0.39, 0.29) is 19.1 Å². The van der Waals surface area contributed by atoms with Crippen LogP contribution in [0.1, 0.15) is 45.4 Å². The Kier molecular flexibility index (Phi) is 5.34. The minimum atomic E-state index is -3.39. The molecule has 1 saturated carbocycles. The summed E-state index contributed by atoms with van der Waals surface area (Å²) >= 11 is 0. The second kappa shape index (κ2) is 6.80. The minimum Gasteiger partial charge on any atom is -0.295 e. The molecule has 0 amide bonds. The van der Waals surface area contributed by atoms with Crippen molar-refractivity contribution in [1.82, 2.24) is 0 Å². The predicted molar refractivity (Wildman–Crippen MR) is 69.8 cm³/mol. The Bertz CT molecular complexity index is 287. The van der Waals surface area contributed by atoms with Gasteiger partial charge in [-0.3, -0.25) is 9.47 Å². The molecule has 0 radical (unpaired) electrons. The Morgan fingerprint density at radius 1 is 1.00 bits per heavy atom. The number of allylic oxidation sites excluding steroid dienone is 1. The molecular formula is C15H24F2O2. The zero-order valence-electron chi connectivity index (χ0n) is 11.6. The average molecular weight is 274 g/mol. The van der Waals surface area contributed by atoms with E-state index in [0.717, 1.165) is 5.92 Å². The molecule has 0 N–H and O–H groups in total. The normalized spacial score (nSPS) is 32.8. The summed E-state index contributed by atoms with van der Waals surface area (Å²) in [6.45, 7) is 2.34. The standard InChI is InChI=1S/C15H24F2O2/c1-2-3-12-4-6-13(7-5-12)8-9-14-10-18-15(16,17)19-11-14/h8-9,12-14H,2-7,10-11H2,1H3/b9-8+. The lowest BCUT2D eigenvalue weighted by Gasteiger charge is -2.28. The second-order valence-corrected chi connectivity index (χ2v) is 5.80. The lowest BCUT2D eigenvalue weighted by atomic mass is 9.80. The first-order valence-corrected chi connectivity index (χ1v) is 7.43. The van der Waals surface area contributed by atoms with Gasteiger partial charge in [0.2, 0.25) is 0 Å². The second-order valence-electron chi connectivity index (χ2n) is 5.80. The molecule has 0 aromatic heterocycles. The van der Waals surface area contributed by atoms with Gasteiger partial charge in [-0.15, -0.1) is 8.78 Å². The molecule has 0 aromatic carbocycles. The van der Waals surface area contributed by atoms with E-state index in [1.54, 1.807) is 0 Å². The molecule has 0 unspecified atom stereocenters. The third kappa shape index (κ3) is 4.84. The molecule has 1 aliphatic heterocycles. The molecule has 0 bridgehead atoms. The molecule has 0 aromatic rings. The van der Waals surface area contributed by atoms with Gasteiger partial charge in [-0.1, -0.05) is 31.9 Å². The van der Waals surface area contributed by atoms with Gasteiger partial charge in [0.25, 0.3) is 0 Å². The number of hydrogen-bond donors (Lipinski definition) is 0. The van der Waals surface area contributed by atoms with Crippen molar-refractivity contribution in [3.8, 4) is 0 Å². The summed E-state index contributed by atoms with van der Waals surface area (Å²) in [5, 5.41) is 0. The SMILES string of the molecule is CCCC1CCC(/C=C/C2COC(F)(F)OC2)CC1. The van der Waals surface area contributed by atoms with Crippen LogP contribution in [0, 0.1) is 17.8 Å². The van der Waals surface area contributed by atoms with Crippen LogP contribution in [0.5, 0.6) is 0 Å². The van der Waals surface area contributed by atoms with Crippen molar-refractivity contribution in [2.45, 2.75) is 51.7 Å². The van der Waals surface area contributed by atoms with Gasteiger partial charge in [0.1, 0.15) is 0 Å². The molecule has 1 saturated heterocycles. The first-order chi connectivity index (χ1) is 9.09. The highest BCUT2D eigenvalue weighted by Gasteiger charge is 2.37. The summed E-state index contributed by atoms with van der Waals surface area (Å²) in [6.07, 6.45) is 8.48. The summed E-state index contributed by atoms with van der Waals surface area (Å²) in [6, 6.07) is 0. The van der Waals surface area contributed by atoms with E-state index in [2.05, 4.69) is 22.5 Å². The Labute approximate surface area is 114 Å². The van der Waals surface area contributed by atoms with Crippen LogP contribution >= 0.6 is 0 Å². The van der Waals surface area contributed by atoms with Crippen LogP contribution in [0.4, 0.5) is 8.78 Å². The summed E-state index contributed by atoms with van der Waals surface area (Å²) in [5.74, 6) is 1.47. The van der Waals surface area contributed by atoms with Crippen molar-refractivity contribution in [3.05, 3.63) is 12.2 Å². The smallest absolute Gasteiger partial charge is 0.295 e. The van der Waals surface area contributed by atoms with E-state index in [0.29, 0.717) is 5.92 Å². The number of ether oxygens (including phenoxy) is 2. The van der Waals surface area contributed by atoms with E-state index in [1.165, 1.54) is 38.5 Å². The fraction of sp³-hybridized carbons (Fsp3) is 0.867. The van der Waals surface area contributed by atoms with Crippen molar-refractivity contribution in [3.63, 3.8) is 0 Å². The first-order valence-electron chi connectivity index (χ1n) is 7.43. The highest BCUT2D eigenvalue weighted by molar-refractivity contribution is 4.95. The molecule has 110 valence electrons. The molecule has 0 atom stereocenters. The van der Waals surface area contributed by atoms with Crippen molar-refractivity contribution in [1.29, 1.82) is 0 Å². The van der Waals surface area contributed by atoms with Gasteiger partial charge in [0, 0.05) is 5.92 Å². The molecule has 2 rings (SSSR count). The third-order valence-electron chi connectivity index (χ3n) is 4.17. The Balaban J connectivity index is 1.69. The van der Waals surface area contributed by atoms with Crippen LogP contribution in [0.25, 0.3) is 0 Å². The summed E-state index contributed by atoms with van der Waals surface area (Å²) < 4.78 is 34.0. The molecule has 2 nitrogen and oxygen atoms in total. The van der Waals surface area contributed by atoms with Crippen LogP contribution in [0.2, 0.25) is 0 Å². The van der Waals surface area contributed by atoms with Gasteiger partial charge in [0.15, 0.2) is 0 Å². The monoisotopic (exact) mass is 274 g/mol. The maximum Gasteiger partial charge on any atom is 0.485 e. The van der Waals surface area contributed by atoms with Gasteiger partial charge >= 0.3 is 6.29 Å². The van der Waals surface area contributed by atoms with Gasteiger partial charge in [-0.25, -0.2) is 0 Å². The lowest BCUT2D eigenvalue weighted by Crippen LogP contribution is -2.36. The number of hydrogen-bond acceptors (Lipinski definition) is 2. The fourth-order valence-electron chi connectivity index (χ4n) is 3.00. The van der Waals surface area contributed by atoms with Gasteiger partial charge in [0.05, 0.1) is 13.2 Å². The van der Waals surface area contributed by atoms with Gasteiger partial charge in [-0.05, 0) is 37.5 Å². The highest BCUT2D eigenvalue weighted by atomic mass is 19.3. The highest BCUT2D eigenvalue weighted by Crippen LogP contribution is 2.33. The molecule has 1 aliphatic carbocycles. The van der Waals surface area contributed by atoms with Gasteiger partial charge in [-0.2, -0.15) is 0 Å². The number of alkyl halides is 2. The van der Waals surface area contributed by atoms with E-state index in [1.807, 2.05) is 6.08 Å². The first kappa shape index (κ1) is 14.9. The van der Waals surface area contributed by atoms with E-state index < -0.39 is 6.29 Å². The predicted octanol–water partition coefficient (Wildman–Crippen LogP) is 4.36. The van der Waals surface area contributed by atoms with Crippen LogP contribution in [-0.4, -0.2) is 19.5 Å². The van der Waals surface area contributed by atoms with Crippen LogP contribution in [-0.2, 0) is 9.47 Å². The zero-order valence-corrected chi connectivity index (χ0v) is 11.6. The van der Waals surface area contributed by atoms with E-state index in [4.69, 9.17) is 0 Å². The van der Waals surface area contributed by atoms with Crippen LogP contribution < -0.4 is 0 Å². The van der Waals surface area contributed by atoms with Crippen LogP contribution in [0.15, 0.2) is 12.2 Å². The number of rotatable bonds is 4. The summed E-state index contributed by atoms with van der Waals surface area (Å²) in [4.78, 5) is 0.